The molecule has 5 heteroatoms. The van der Waals surface area contributed by atoms with Crippen LogP contribution >= 0.6 is 22.9 Å². The first kappa shape index (κ1) is 13.9. The summed E-state index contributed by atoms with van der Waals surface area (Å²) in [5.41, 5.74) is 6.90. The van der Waals surface area contributed by atoms with E-state index in [0.29, 0.717) is 12.5 Å². The quantitative estimate of drug-likeness (QED) is 0.657. The molecule has 2 aromatic rings. The molecule has 0 radical (unpaired) electrons. The Hall–Kier alpha value is -1.52. The lowest BCUT2D eigenvalue weighted by molar-refractivity contribution is 0.857. The Morgan fingerprint density at radius 1 is 1.26 bits per heavy atom. The van der Waals surface area contributed by atoms with Gasteiger partial charge in [-0.05, 0) is 35.6 Å². The van der Waals surface area contributed by atoms with Gasteiger partial charge in [0, 0.05) is 16.4 Å². The maximum absolute atomic E-state index is 5.82. The Morgan fingerprint density at radius 2 is 2.05 bits per heavy atom. The van der Waals surface area contributed by atoms with Crippen LogP contribution in [0.15, 0.2) is 46.8 Å². The maximum atomic E-state index is 5.82. The number of halogens is 1. The number of hydrogen-bond acceptors (Lipinski definition) is 2. The number of guanidine groups is 1. The second-order valence-electron chi connectivity index (χ2n) is 4.08. The number of thiophene rings is 1. The van der Waals surface area contributed by atoms with Crippen LogP contribution in [0, 0.1) is 0 Å². The Balaban J connectivity index is 1.74. The molecule has 0 atom stereocenters. The van der Waals surface area contributed by atoms with E-state index in [0.717, 1.165) is 23.6 Å². The molecule has 1 aromatic heterocycles. The zero-order valence-corrected chi connectivity index (χ0v) is 12.0. The van der Waals surface area contributed by atoms with Crippen LogP contribution in [0.25, 0.3) is 0 Å². The van der Waals surface area contributed by atoms with Gasteiger partial charge in [0.2, 0.25) is 0 Å². The summed E-state index contributed by atoms with van der Waals surface area (Å²) >= 11 is 7.57. The lowest BCUT2D eigenvalue weighted by Crippen LogP contribution is -2.33. The third kappa shape index (κ3) is 4.93. The van der Waals surface area contributed by atoms with Crippen molar-refractivity contribution in [3.05, 3.63) is 57.2 Å². The predicted molar refractivity (Wildman–Crippen MR) is 82.8 cm³/mol. The number of nitrogens with zero attached hydrogens (tertiary/aromatic N) is 1. The molecule has 0 saturated heterocycles. The second kappa shape index (κ2) is 7.16. The number of nitrogens with one attached hydrogen (secondary N) is 1. The summed E-state index contributed by atoms with van der Waals surface area (Å²) in [4.78, 5) is 5.63. The van der Waals surface area contributed by atoms with Crippen LogP contribution in [0.1, 0.15) is 10.4 Å². The fourth-order valence-corrected chi connectivity index (χ4v) is 2.43. The van der Waals surface area contributed by atoms with Crippen molar-refractivity contribution in [2.75, 3.05) is 6.54 Å². The monoisotopic (exact) mass is 293 g/mol. The van der Waals surface area contributed by atoms with Crippen molar-refractivity contribution in [3.63, 3.8) is 0 Å². The molecule has 0 aliphatic rings. The molecule has 1 heterocycles. The van der Waals surface area contributed by atoms with E-state index in [1.807, 2.05) is 24.3 Å². The third-order valence-electron chi connectivity index (χ3n) is 2.60. The summed E-state index contributed by atoms with van der Waals surface area (Å²) in [6.45, 7) is 1.37. The smallest absolute Gasteiger partial charge is 0.188 e. The van der Waals surface area contributed by atoms with E-state index in [2.05, 4.69) is 27.8 Å². The molecule has 100 valence electrons. The zero-order valence-electron chi connectivity index (χ0n) is 10.5. The van der Waals surface area contributed by atoms with Gasteiger partial charge in [0.15, 0.2) is 5.96 Å². The molecule has 3 nitrogen and oxygen atoms in total. The van der Waals surface area contributed by atoms with E-state index in [1.165, 1.54) is 4.88 Å². The first-order valence-corrected chi connectivity index (χ1v) is 7.30. The van der Waals surface area contributed by atoms with Gasteiger partial charge in [-0.2, -0.15) is 0 Å². The van der Waals surface area contributed by atoms with E-state index in [9.17, 15) is 0 Å². The summed E-state index contributed by atoms with van der Waals surface area (Å²) in [6, 6.07) is 11.8. The topological polar surface area (TPSA) is 50.4 Å². The molecule has 19 heavy (non-hydrogen) atoms. The van der Waals surface area contributed by atoms with Crippen LogP contribution in [0.5, 0.6) is 0 Å². The molecule has 0 amide bonds. The molecular formula is C14H16ClN3S. The maximum Gasteiger partial charge on any atom is 0.188 e. The Kier molecular flexibility index (Phi) is 5.24. The molecule has 0 saturated carbocycles. The van der Waals surface area contributed by atoms with Crippen LogP contribution in [0.4, 0.5) is 0 Å². The predicted octanol–water partition coefficient (Wildman–Crippen LogP) is 3.05. The van der Waals surface area contributed by atoms with Crippen LogP contribution in [-0.2, 0) is 13.0 Å². The van der Waals surface area contributed by atoms with Crippen LogP contribution in [0.3, 0.4) is 0 Å². The Bertz CT molecular complexity index is 520. The van der Waals surface area contributed by atoms with Crippen LogP contribution < -0.4 is 11.1 Å². The third-order valence-corrected chi connectivity index (χ3v) is 3.79. The van der Waals surface area contributed by atoms with Gasteiger partial charge in [-0.3, -0.25) is 0 Å². The van der Waals surface area contributed by atoms with Crippen LogP contribution in [-0.4, -0.2) is 12.5 Å². The molecule has 0 bridgehead atoms. The standard InChI is InChI=1S/C14H16ClN3S/c15-12-5-3-11(4-6-12)10-18-14(16)17-8-7-13-2-1-9-19-13/h1-6,9H,7-8,10H2,(H3,16,17,18). The zero-order chi connectivity index (χ0) is 13.5. The minimum absolute atomic E-state index is 0.478. The van der Waals surface area contributed by atoms with Crippen molar-refractivity contribution < 1.29 is 0 Å². The van der Waals surface area contributed by atoms with Crippen molar-refractivity contribution >= 4 is 28.9 Å². The normalized spacial score (nSPS) is 11.5. The second-order valence-corrected chi connectivity index (χ2v) is 5.55. The summed E-state index contributed by atoms with van der Waals surface area (Å²) < 4.78 is 0. The van der Waals surface area contributed by atoms with Crippen molar-refractivity contribution in [1.29, 1.82) is 0 Å². The highest BCUT2D eigenvalue weighted by atomic mass is 35.5. The lowest BCUT2D eigenvalue weighted by atomic mass is 10.2. The average molecular weight is 294 g/mol. The van der Waals surface area contributed by atoms with Crippen molar-refractivity contribution in [3.8, 4) is 0 Å². The molecule has 0 fully saturated rings. The SMILES string of the molecule is NC(=NCc1ccc(Cl)cc1)NCCc1cccs1. The van der Waals surface area contributed by atoms with Gasteiger partial charge in [0.25, 0.3) is 0 Å². The fraction of sp³-hybridized carbons (Fsp3) is 0.214. The molecule has 0 aliphatic heterocycles. The van der Waals surface area contributed by atoms with E-state index in [4.69, 9.17) is 17.3 Å². The fourth-order valence-electron chi connectivity index (χ4n) is 1.59. The summed E-state index contributed by atoms with van der Waals surface area (Å²) in [5.74, 6) is 0.478. The summed E-state index contributed by atoms with van der Waals surface area (Å²) in [6.07, 6.45) is 0.967. The molecule has 1 aromatic carbocycles. The van der Waals surface area contributed by atoms with E-state index in [-0.39, 0.29) is 0 Å². The number of aliphatic imine (C=N–C) groups is 1. The summed E-state index contributed by atoms with van der Waals surface area (Å²) in [5, 5.41) is 5.92. The van der Waals surface area contributed by atoms with Crippen molar-refractivity contribution in [2.45, 2.75) is 13.0 Å². The Labute approximate surface area is 122 Å². The number of benzene rings is 1. The van der Waals surface area contributed by atoms with Gasteiger partial charge >= 0.3 is 0 Å². The van der Waals surface area contributed by atoms with Gasteiger partial charge in [-0.1, -0.05) is 29.8 Å². The first-order chi connectivity index (χ1) is 9.24. The van der Waals surface area contributed by atoms with E-state index < -0.39 is 0 Å². The lowest BCUT2D eigenvalue weighted by Gasteiger charge is -2.04. The van der Waals surface area contributed by atoms with E-state index in [1.54, 1.807) is 11.3 Å². The molecule has 0 aliphatic carbocycles. The highest BCUT2D eigenvalue weighted by molar-refractivity contribution is 7.09. The highest BCUT2D eigenvalue weighted by Gasteiger charge is 1.96. The number of nitrogens with two attached hydrogens (primary N) is 1. The van der Waals surface area contributed by atoms with Crippen molar-refractivity contribution in [1.82, 2.24) is 5.32 Å². The van der Waals surface area contributed by atoms with Gasteiger partial charge in [0.1, 0.15) is 0 Å². The molecule has 0 unspecified atom stereocenters. The largest absolute Gasteiger partial charge is 0.370 e. The molecule has 0 spiro atoms. The van der Waals surface area contributed by atoms with Crippen LogP contribution in [0.2, 0.25) is 5.02 Å². The Morgan fingerprint density at radius 3 is 2.74 bits per heavy atom. The molecular weight excluding hydrogens is 278 g/mol. The van der Waals surface area contributed by atoms with Gasteiger partial charge in [-0.15, -0.1) is 11.3 Å². The van der Waals surface area contributed by atoms with E-state index >= 15 is 0 Å². The summed E-state index contributed by atoms with van der Waals surface area (Å²) in [7, 11) is 0. The van der Waals surface area contributed by atoms with Gasteiger partial charge in [-0.25, -0.2) is 4.99 Å². The first-order valence-electron chi connectivity index (χ1n) is 6.04. The molecule has 2 rings (SSSR count). The van der Waals surface area contributed by atoms with Gasteiger partial charge in [0.05, 0.1) is 6.54 Å². The number of hydrogen-bond donors (Lipinski definition) is 2. The number of rotatable bonds is 5. The minimum atomic E-state index is 0.478. The van der Waals surface area contributed by atoms with Crippen molar-refractivity contribution in [2.24, 2.45) is 10.7 Å². The molecule has 3 N–H and O–H groups in total. The van der Waals surface area contributed by atoms with Gasteiger partial charge < -0.3 is 11.1 Å². The highest BCUT2D eigenvalue weighted by Crippen LogP contribution is 2.10. The average Bonchev–Trinajstić information content (AvgIpc) is 2.91. The minimum Gasteiger partial charge on any atom is -0.370 e.